The zero-order valence-corrected chi connectivity index (χ0v) is 9.82. The van der Waals surface area contributed by atoms with Crippen molar-refractivity contribution in [1.29, 1.82) is 0 Å². The largest absolute Gasteiger partial charge is 0.465 e. The van der Waals surface area contributed by atoms with E-state index in [0.717, 1.165) is 16.7 Å². The van der Waals surface area contributed by atoms with E-state index in [1.807, 2.05) is 32.0 Å². The molecular weight excluding hydrogens is 204 g/mol. The molecule has 1 unspecified atom stereocenters. The Hall–Kier alpha value is -1.64. The topological polar surface area (TPSA) is 43.4 Å². The van der Waals surface area contributed by atoms with Gasteiger partial charge in [0.1, 0.15) is 12.2 Å². The van der Waals surface area contributed by atoms with Crippen molar-refractivity contribution >= 4 is 12.3 Å². The Morgan fingerprint density at radius 3 is 2.69 bits per heavy atom. The predicted octanol–water partition coefficient (Wildman–Crippen LogP) is 2.15. The highest BCUT2D eigenvalue weighted by Gasteiger charge is 2.22. The van der Waals surface area contributed by atoms with Crippen molar-refractivity contribution in [2.24, 2.45) is 0 Å². The van der Waals surface area contributed by atoms with Crippen LogP contribution < -0.4 is 0 Å². The second kappa shape index (κ2) is 5.45. The minimum Gasteiger partial charge on any atom is -0.465 e. The fourth-order valence-electron chi connectivity index (χ4n) is 1.58. The first-order valence-corrected chi connectivity index (χ1v) is 5.29. The molecule has 86 valence electrons. The summed E-state index contributed by atoms with van der Waals surface area (Å²) in [7, 11) is 0. The van der Waals surface area contributed by atoms with Crippen molar-refractivity contribution in [3.63, 3.8) is 0 Å². The van der Waals surface area contributed by atoms with E-state index in [4.69, 9.17) is 4.74 Å². The van der Waals surface area contributed by atoms with Gasteiger partial charge in [-0.25, -0.2) is 0 Å². The summed E-state index contributed by atoms with van der Waals surface area (Å²) in [4.78, 5) is 22.6. The van der Waals surface area contributed by atoms with E-state index in [-0.39, 0.29) is 6.61 Å². The van der Waals surface area contributed by atoms with Gasteiger partial charge < -0.3 is 9.53 Å². The molecule has 0 spiro atoms. The lowest BCUT2D eigenvalue weighted by molar-refractivity contribution is -0.146. The number of aryl methyl sites for hydroxylation is 2. The van der Waals surface area contributed by atoms with E-state index in [1.54, 1.807) is 6.92 Å². The number of aldehydes is 1. The summed E-state index contributed by atoms with van der Waals surface area (Å²) in [6.45, 7) is 5.82. The standard InChI is InChI=1S/C13H16O3/c1-4-16-13(15)12(8-14)11-7-9(2)5-6-10(11)3/h5-8,12H,4H2,1-3H3. The summed E-state index contributed by atoms with van der Waals surface area (Å²) in [5, 5.41) is 0. The van der Waals surface area contributed by atoms with E-state index in [2.05, 4.69) is 0 Å². The van der Waals surface area contributed by atoms with Crippen LogP contribution in [0, 0.1) is 13.8 Å². The molecule has 1 aromatic carbocycles. The molecule has 0 bridgehead atoms. The van der Waals surface area contributed by atoms with Gasteiger partial charge in [0.2, 0.25) is 0 Å². The van der Waals surface area contributed by atoms with Crippen molar-refractivity contribution in [2.45, 2.75) is 26.7 Å². The molecule has 3 heteroatoms. The molecule has 1 aromatic rings. The SMILES string of the molecule is CCOC(=O)C(C=O)c1cc(C)ccc1C. The molecule has 0 aliphatic heterocycles. The van der Waals surface area contributed by atoms with Gasteiger partial charge in [0.05, 0.1) is 6.61 Å². The summed E-state index contributed by atoms with van der Waals surface area (Å²) in [6, 6.07) is 5.71. The van der Waals surface area contributed by atoms with Gasteiger partial charge in [-0.2, -0.15) is 0 Å². The Kier molecular flexibility index (Phi) is 4.23. The molecule has 16 heavy (non-hydrogen) atoms. The van der Waals surface area contributed by atoms with Crippen LogP contribution in [-0.2, 0) is 14.3 Å². The molecule has 0 fully saturated rings. The van der Waals surface area contributed by atoms with Gasteiger partial charge in [-0.05, 0) is 31.9 Å². The molecule has 0 radical (unpaired) electrons. The summed E-state index contributed by atoms with van der Waals surface area (Å²) in [6.07, 6.45) is 0.639. The monoisotopic (exact) mass is 220 g/mol. The summed E-state index contributed by atoms with van der Waals surface area (Å²) < 4.78 is 4.87. The minimum absolute atomic E-state index is 0.286. The molecule has 0 aliphatic rings. The molecule has 0 saturated carbocycles. The van der Waals surface area contributed by atoms with Crippen molar-refractivity contribution in [3.8, 4) is 0 Å². The Labute approximate surface area is 95.4 Å². The highest BCUT2D eigenvalue weighted by atomic mass is 16.5. The van der Waals surface area contributed by atoms with Gasteiger partial charge in [0.25, 0.3) is 0 Å². The number of rotatable bonds is 4. The van der Waals surface area contributed by atoms with Crippen LogP contribution in [-0.4, -0.2) is 18.9 Å². The Morgan fingerprint density at radius 1 is 1.44 bits per heavy atom. The number of carbonyl (C=O) groups excluding carboxylic acids is 2. The lowest BCUT2D eigenvalue weighted by atomic mass is 9.94. The molecule has 0 aromatic heterocycles. The lowest BCUT2D eigenvalue weighted by Crippen LogP contribution is -2.18. The van der Waals surface area contributed by atoms with E-state index in [9.17, 15) is 9.59 Å². The van der Waals surface area contributed by atoms with Crippen LogP contribution in [0.15, 0.2) is 18.2 Å². The van der Waals surface area contributed by atoms with Crippen molar-refractivity contribution in [3.05, 3.63) is 34.9 Å². The number of ether oxygens (including phenoxy) is 1. The van der Waals surface area contributed by atoms with Gasteiger partial charge in [0, 0.05) is 0 Å². The van der Waals surface area contributed by atoms with Crippen LogP contribution >= 0.6 is 0 Å². The highest BCUT2D eigenvalue weighted by molar-refractivity contribution is 5.94. The molecule has 0 amide bonds. The van der Waals surface area contributed by atoms with E-state index >= 15 is 0 Å². The average molecular weight is 220 g/mol. The number of hydrogen-bond donors (Lipinski definition) is 0. The normalized spacial score (nSPS) is 11.9. The molecule has 0 heterocycles. The average Bonchev–Trinajstić information content (AvgIpc) is 2.24. The first kappa shape index (κ1) is 12.4. The summed E-state index contributed by atoms with van der Waals surface area (Å²) >= 11 is 0. The maximum absolute atomic E-state index is 11.6. The minimum atomic E-state index is -0.806. The van der Waals surface area contributed by atoms with Crippen molar-refractivity contribution < 1.29 is 14.3 Å². The van der Waals surface area contributed by atoms with E-state index in [1.165, 1.54) is 0 Å². The number of carbonyl (C=O) groups is 2. The highest BCUT2D eigenvalue weighted by Crippen LogP contribution is 2.21. The fraction of sp³-hybridized carbons (Fsp3) is 0.385. The number of esters is 1. The molecule has 1 atom stereocenters. The van der Waals surface area contributed by atoms with Crippen LogP contribution in [0.3, 0.4) is 0 Å². The van der Waals surface area contributed by atoms with Gasteiger partial charge >= 0.3 is 5.97 Å². The predicted molar refractivity (Wildman–Crippen MR) is 61.4 cm³/mol. The zero-order chi connectivity index (χ0) is 12.1. The van der Waals surface area contributed by atoms with Crippen LogP contribution in [0.1, 0.15) is 29.5 Å². The summed E-state index contributed by atoms with van der Waals surface area (Å²) in [5.41, 5.74) is 2.68. The fourth-order valence-corrected chi connectivity index (χ4v) is 1.58. The Bertz CT molecular complexity index is 396. The Balaban J connectivity index is 3.07. The molecule has 0 aliphatic carbocycles. The quantitative estimate of drug-likeness (QED) is 0.443. The third-order valence-corrected chi connectivity index (χ3v) is 2.45. The Morgan fingerprint density at radius 2 is 2.12 bits per heavy atom. The second-order valence-electron chi connectivity index (χ2n) is 3.73. The lowest BCUT2D eigenvalue weighted by Gasteiger charge is -2.13. The first-order valence-electron chi connectivity index (χ1n) is 5.29. The molecule has 3 nitrogen and oxygen atoms in total. The molecular formula is C13H16O3. The zero-order valence-electron chi connectivity index (χ0n) is 9.82. The smallest absolute Gasteiger partial charge is 0.320 e. The van der Waals surface area contributed by atoms with Crippen LogP contribution in [0.5, 0.6) is 0 Å². The van der Waals surface area contributed by atoms with Gasteiger partial charge in [-0.3, -0.25) is 4.79 Å². The maximum atomic E-state index is 11.6. The first-order chi connectivity index (χ1) is 7.60. The molecule has 1 rings (SSSR count). The third-order valence-electron chi connectivity index (χ3n) is 2.45. The van der Waals surface area contributed by atoms with Crippen LogP contribution in [0.2, 0.25) is 0 Å². The maximum Gasteiger partial charge on any atom is 0.320 e. The van der Waals surface area contributed by atoms with E-state index in [0.29, 0.717) is 6.29 Å². The molecule has 0 saturated heterocycles. The van der Waals surface area contributed by atoms with Gasteiger partial charge in [-0.15, -0.1) is 0 Å². The van der Waals surface area contributed by atoms with Crippen LogP contribution in [0.25, 0.3) is 0 Å². The molecule has 0 N–H and O–H groups in total. The second-order valence-corrected chi connectivity index (χ2v) is 3.73. The summed E-state index contributed by atoms with van der Waals surface area (Å²) in [5.74, 6) is -1.29. The number of benzene rings is 1. The van der Waals surface area contributed by atoms with Crippen molar-refractivity contribution in [2.75, 3.05) is 6.61 Å². The van der Waals surface area contributed by atoms with Gasteiger partial charge in [0.15, 0.2) is 0 Å². The van der Waals surface area contributed by atoms with E-state index < -0.39 is 11.9 Å². The van der Waals surface area contributed by atoms with Crippen LogP contribution in [0.4, 0.5) is 0 Å². The third kappa shape index (κ3) is 2.69. The van der Waals surface area contributed by atoms with Crippen molar-refractivity contribution in [1.82, 2.24) is 0 Å². The number of hydrogen-bond acceptors (Lipinski definition) is 3. The van der Waals surface area contributed by atoms with Gasteiger partial charge in [-0.1, -0.05) is 23.8 Å².